The number of phenolic OH excluding ortho intramolecular Hbond substituents is 3. The van der Waals surface area contributed by atoms with Gasteiger partial charge < -0.3 is 20.1 Å². The molecule has 0 radical (unpaired) electrons. The Hall–Kier alpha value is -1.58. The number of aromatic hydroxyl groups is 3. The van der Waals surface area contributed by atoms with Gasteiger partial charge in [0.2, 0.25) is 5.75 Å². The van der Waals surface area contributed by atoms with Crippen molar-refractivity contribution in [1.29, 1.82) is 0 Å². The minimum absolute atomic E-state index is 0.332. The molecule has 0 heterocycles. The molecule has 1 aromatic rings. The number of benzene rings is 1. The molecule has 0 atom stereocenters. The molecule has 84 valence electrons. The zero-order valence-corrected chi connectivity index (χ0v) is 8.95. The molecule has 0 unspecified atom stereocenters. The molecule has 15 heavy (non-hydrogen) atoms. The Morgan fingerprint density at radius 3 is 2.47 bits per heavy atom. The highest BCUT2D eigenvalue weighted by atomic mass is 16.5. The molecule has 0 amide bonds. The Morgan fingerprint density at radius 1 is 1.20 bits per heavy atom. The molecule has 0 bridgehead atoms. The second-order valence-corrected chi connectivity index (χ2v) is 3.42. The minimum Gasteiger partial charge on any atom is -0.504 e. The van der Waals surface area contributed by atoms with E-state index in [9.17, 15) is 15.3 Å². The first-order chi connectivity index (χ1) is 7.07. The van der Waals surface area contributed by atoms with E-state index in [1.807, 2.05) is 6.92 Å². The van der Waals surface area contributed by atoms with Gasteiger partial charge in [-0.2, -0.15) is 0 Å². The van der Waals surface area contributed by atoms with Gasteiger partial charge in [-0.25, -0.2) is 0 Å². The van der Waals surface area contributed by atoms with E-state index in [1.165, 1.54) is 6.07 Å². The van der Waals surface area contributed by atoms with Gasteiger partial charge in [0.1, 0.15) is 5.75 Å². The first kappa shape index (κ1) is 11.5. The topological polar surface area (TPSA) is 69.9 Å². The Labute approximate surface area is 88.8 Å². The van der Waals surface area contributed by atoms with Gasteiger partial charge in [-0.3, -0.25) is 0 Å². The molecule has 0 saturated heterocycles. The van der Waals surface area contributed by atoms with Gasteiger partial charge in [0.25, 0.3) is 0 Å². The van der Waals surface area contributed by atoms with Crippen LogP contribution in [0.15, 0.2) is 6.07 Å². The smallest absolute Gasteiger partial charge is 0.200 e. The summed E-state index contributed by atoms with van der Waals surface area (Å²) in [6.45, 7) is 4.19. The number of phenols is 3. The van der Waals surface area contributed by atoms with E-state index >= 15 is 0 Å². The summed E-state index contributed by atoms with van der Waals surface area (Å²) >= 11 is 0. The molecule has 4 heteroatoms. The maximum absolute atomic E-state index is 9.43. The summed E-state index contributed by atoms with van der Waals surface area (Å²) in [6, 6.07) is 1.31. The summed E-state index contributed by atoms with van der Waals surface area (Å²) in [5, 5.41) is 27.9. The maximum atomic E-state index is 9.43. The normalized spacial score (nSPS) is 10.3. The fourth-order valence-electron chi connectivity index (χ4n) is 1.19. The molecule has 0 fully saturated rings. The van der Waals surface area contributed by atoms with Gasteiger partial charge in [0.15, 0.2) is 11.5 Å². The van der Waals surface area contributed by atoms with Gasteiger partial charge in [0, 0.05) is 11.6 Å². The third-order valence-electron chi connectivity index (χ3n) is 2.21. The Bertz CT molecular complexity index is 347. The van der Waals surface area contributed by atoms with Crippen molar-refractivity contribution in [3.8, 4) is 23.0 Å². The van der Waals surface area contributed by atoms with E-state index in [0.717, 1.165) is 12.8 Å². The number of hydrogen-bond donors (Lipinski definition) is 3. The van der Waals surface area contributed by atoms with E-state index in [1.54, 1.807) is 6.92 Å². The van der Waals surface area contributed by atoms with Gasteiger partial charge >= 0.3 is 0 Å². The molecule has 0 spiro atoms. The van der Waals surface area contributed by atoms with Crippen molar-refractivity contribution < 1.29 is 20.1 Å². The Morgan fingerprint density at radius 2 is 1.87 bits per heavy atom. The van der Waals surface area contributed by atoms with Crippen LogP contribution in [0, 0.1) is 6.92 Å². The van der Waals surface area contributed by atoms with Crippen molar-refractivity contribution in [2.24, 2.45) is 0 Å². The largest absolute Gasteiger partial charge is 0.504 e. The van der Waals surface area contributed by atoms with Crippen molar-refractivity contribution in [2.75, 3.05) is 6.61 Å². The second-order valence-electron chi connectivity index (χ2n) is 3.42. The summed E-state index contributed by atoms with van der Waals surface area (Å²) in [5.41, 5.74) is 0.432. The zero-order chi connectivity index (χ0) is 11.4. The highest BCUT2D eigenvalue weighted by molar-refractivity contribution is 5.58. The van der Waals surface area contributed by atoms with E-state index in [-0.39, 0.29) is 11.5 Å². The number of rotatable bonds is 4. The molecule has 0 saturated carbocycles. The van der Waals surface area contributed by atoms with Gasteiger partial charge in [-0.1, -0.05) is 13.3 Å². The van der Waals surface area contributed by atoms with Crippen LogP contribution in [-0.4, -0.2) is 21.9 Å². The molecule has 0 aliphatic heterocycles. The molecule has 1 aromatic carbocycles. The van der Waals surface area contributed by atoms with E-state index < -0.39 is 5.75 Å². The van der Waals surface area contributed by atoms with Crippen LogP contribution in [0.4, 0.5) is 0 Å². The lowest BCUT2D eigenvalue weighted by Crippen LogP contribution is -1.98. The fourth-order valence-corrected chi connectivity index (χ4v) is 1.19. The predicted molar refractivity (Wildman–Crippen MR) is 56.6 cm³/mol. The van der Waals surface area contributed by atoms with Crippen LogP contribution < -0.4 is 4.74 Å². The van der Waals surface area contributed by atoms with E-state index in [0.29, 0.717) is 17.9 Å². The minimum atomic E-state index is -0.504. The summed E-state index contributed by atoms with van der Waals surface area (Å²) in [6.07, 6.45) is 1.91. The van der Waals surface area contributed by atoms with E-state index in [2.05, 4.69) is 0 Å². The SMILES string of the molecule is CCCCOc1cc(O)c(O)c(O)c1C. The van der Waals surface area contributed by atoms with Gasteiger partial charge in [0.05, 0.1) is 6.61 Å². The lowest BCUT2D eigenvalue weighted by molar-refractivity contribution is 0.298. The zero-order valence-electron chi connectivity index (χ0n) is 8.95. The van der Waals surface area contributed by atoms with Crippen LogP contribution >= 0.6 is 0 Å². The lowest BCUT2D eigenvalue weighted by Gasteiger charge is -2.11. The van der Waals surface area contributed by atoms with Crippen LogP contribution in [-0.2, 0) is 0 Å². The second kappa shape index (κ2) is 4.77. The molecule has 0 aliphatic rings. The average Bonchev–Trinajstić information content (AvgIpc) is 2.23. The van der Waals surface area contributed by atoms with Crippen LogP contribution in [0.1, 0.15) is 25.3 Å². The fraction of sp³-hybridized carbons (Fsp3) is 0.455. The standard InChI is InChI=1S/C11H16O4/c1-3-4-5-15-9-6-8(12)11(14)10(13)7(9)2/h6,12-14H,3-5H2,1-2H3. The number of hydrogen-bond acceptors (Lipinski definition) is 4. The molecule has 1 rings (SSSR count). The van der Waals surface area contributed by atoms with Crippen molar-refractivity contribution in [1.82, 2.24) is 0 Å². The van der Waals surface area contributed by atoms with Gasteiger partial charge in [-0.15, -0.1) is 0 Å². The summed E-state index contributed by atoms with van der Waals surface area (Å²) in [5.74, 6) is -0.808. The first-order valence-corrected chi connectivity index (χ1v) is 4.95. The van der Waals surface area contributed by atoms with E-state index in [4.69, 9.17) is 4.74 Å². The highest BCUT2D eigenvalue weighted by Crippen LogP contribution is 2.42. The quantitative estimate of drug-likeness (QED) is 0.529. The molecule has 0 aliphatic carbocycles. The van der Waals surface area contributed by atoms with Crippen LogP contribution in [0.25, 0.3) is 0 Å². The number of ether oxygens (including phenoxy) is 1. The third kappa shape index (κ3) is 2.46. The van der Waals surface area contributed by atoms with Crippen LogP contribution in [0.5, 0.6) is 23.0 Å². The molecular formula is C11H16O4. The lowest BCUT2D eigenvalue weighted by atomic mass is 10.1. The molecule has 0 aromatic heterocycles. The van der Waals surface area contributed by atoms with Crippen molar-refractivity contribution in [3.05, 3.63) is 11.6 Å². The van der Waals surface area contributed by atoms with Crippen LogP contribution in [0.2, 0.25) is 0 Å². The van der Waals surface area contributed by atoms with Crippen molar-refractivity contribution >= 4 is 0 Å². The summed E-state index contributed by atoms with van der Waals surface area (Å²) in [4.78, 5) is 0. The Kier molecular flexibility index (Phi) is 3.66. The summed E-state index contributed by atoms with van der Waals surface area (Å²) < 4.78 is 5.36. The third-order valence-corrected chi connectivity index (χ3v) is 2.21. The molecule has 3 N–H and O–H groups in total. The first-order valence-electron chi connectivity index (χ1n) is 4.95. The summed E-state index contributed by atoms with van der Waals surface area (Å²) in [7, 11) is 0. The highest BCUT2D eigenvalue weighted by Gasteiger charge is 2.14. The van der Waals surface area contributed by atoms with Gasteiger partial charge in [-0.05, 0) is 13.3 Å². The van der Waals surface area contributed by atoms with Crippen molar-refractivity contribution in [2.45, 2.75) is 26.7 Å². The van der Waals surface area contributed by atoms with Crippen molar-refractivity contribution in [3.63, 3.8) is 0 Å². The number of unbranched alkanes of at least 4 members (excludes halogenated alkanes) is 1. The molecular weight excluding hydrogens is 196 g/mol. The molecule has 4 nitrogen and oxygen atoms in total. The predicted octanol–water partition coefficient (Wildman–Crippen LogP) is 2.29. The Balaban J connectivity index is 2.89. The monoisotopic (exact) mass is 212 g/mol. The van der Waals surface area contributed by atoms with Crippen LogP contribution in [0.3, 0.4) is 0 Å². The average molecular weight is 212 g/mol. The maximum Gasteiger partial charge on any atom is 0.200 e.